The van der Waals surface area contributed by atoms with Crippen LogP contribution in [-0.2, 0) is 11.2 Å². The summed E-state index contributed by atoms with van der Waals surface area (Å²) >= 11 is 1.83. The van der Waals surface area contributed by atoms with Gasteiger partial charge in [0.2, 0.25) is 5.89 Å². The zero-order valence-corrected chi connectivity index (χ0v) is 12.1. The minimum Gasteiger partial charge on any atom is -0.339 e. The normalized spacial score (nSPS) is 19.3. The van der Waals surface area contributed by atoms with Gasteiger partial charge in [0.05, 0.1) is 11.2 Å². The SMILES string of the molecule is CC(C)SCc1noc(C2(CN)CCCCC2)n1. The second kappa shape index (κ2) is 6.06. The van der Waals surface area contributed by atoms with Gasteiger partial charge < -0.3 is 10.3 Å². The van der Waals surface area contributed by atoms with Gasteiger partial charge in [-0.1, -0.05) is 38.3 Å². The predicted molar refractivity (Wildman–Crippen MR) is 74.5 cm³/mol. The largest absolute Gasteiger partial charge is 0.339 e. The van der Waals surface area contributed by atoms with E-state index in [-0.39, 0.29) is 5.41 Å². The van der Waals surface area contributed by atoms with E-state index in [0.29, 0.717) is 11.8 Å². The van der Waals surface area contributed by atoms with E-state index in [2.05, 4.69) is 24.0 Å². The summed E-state index contributed by atoms with van der Waals surface area (Å²) in [5, 5.41) is 4.68. The maximum atomic E-state index is 5.97. The highest BCUT2D eigenvalue weighted by molar-refractivity contribution is 7.99. The van der Waals surface area contributed by atoms with Crippen LogP contribution in [0.1, 0.15) is 57.7 Å². The summed E-state index contributed by atoms with van der Waals surface area (Å²) in [5.74, 6) is 2.40. The summed E-state index contributed by atoms with van der Waals surface area (Å²) in [7, 11) is 0. The number of thioether (sulfide) groups is 1. The Kier molecular flexibility index (Phi) is 4.67. The molecule has 0 spiro atoms. The second-order valence-corrected chi connectivity index (χ2v) is 6.99. The lowest BCUT2D eigenvalue weighted by Gasteiger charge is -2.32. The van der Waals surface area contributed by atoms with Crippen LogP contribution in [0.4, 0.5) is 0 Å². The van der Waals surface area contributed by atoms with E-state index in [0.717, 1.165) is 30.3 Å². The molecule has 0 radical (unpaired) electrons. The minimum atomic E-state index is -0.0496. The Morgan fingerprint density at radius 3 is 2.67 bits per heavy atom. The van der Waals surface area contributed by atoms with Crippen LogP contribution in [-0.4, -0.2) is 21.9 Å². The molecule has 1 saturated carbocycles. The van der Waals surface area contributed by atoms with E-state index in [4.69, 9.17) is 10.3 Å². The molecule has 1 aliphatic carbocycles. The first kappa shape index (κ1) is 13.9. The van der Waals surface area contributed by atoms with Crippen molar-refractivity contribution in [2.75, 3.05) is 6.54 Å². The fourth-order valence-corrected chi connectivity index (χ4v) is 3.10. The first-order chi connectivity index (χ1) is 8.66. The Morgan fingerprint density at radius 2 is 2.06 bits per heavy atom. The lowest BCUT2D eigenvalue weighted by molar-refractivity contribution is 0.219. The molecular weight excluding hydrogens is 246 g/mol. The van der Waals surface area contributed by atoms with Crippen molar-refractivity contribution in [2.45, 2.75) is 62.4 Å². The average molecular weight is 269 g/mol. The summed E-state index contributed by atoms with van der Waals surface area (Å²) in [6.45, 7) is 4.97. The van der Waals surface area contributed by atoms with E-state index in [1.165, 1.54) is 19.3 Å². The summed E-state index contributed by atoms with van der Waals surface area (Å²) < 4.78 is 5.48. The van der Waals surface area contributed by atoms with Gasteiger partial charge in [0.15, 0.2) is 5.82 Å². The third-order valence-corrected chi connectivity index (χ3v) is 4.76. The lowest BCUT2D eigenvalue weighted by atomic mass is 9.74. The highest BCUT2D eigenvalue weighted by Crippen LogP contribution is 2.37. The smallest absolute Gasteiger partial charge is 0.234 e. The van der Waals surface area contributed by atoms with Crippen molar-refractivity contribution in [1.82, 2.24) is 10.1 Å². The Morgan fingerprint density at radius 1 is 1.33 bits per heavy atom. The predicted octanol–water partition coefficient (Wildman–Crippen LogP) is 2.87. The van der Waals surface area contributed by atoms with Crippen molar-refractivity contribution in [1.29, 1.82) is 0 Å². The van der Waals surface area contributed by atoms with Gasteiger partial charge in [-0.25, -0.2) is 0 Å². The summed E-state index contributed by atoms with van der Waals surface area (Å²) in [6, 6.07) is 0. The summed E-state index contributed by atoms with van der Waals surface area (Å²) in [4.78, 5) is 4.57. The van der Waals surface area contributed by atoms with Gasteiger partial charge in [-0.2, -0.15) is 16.7 Å². The molecular formula is C13H23N3OS. The van der Waals surface area contributed by atoms with Gasteiger partial charge in [0.25, 0.3) is 0 Å². The topological polar surface area (TPSA) is 64.9 Å². The fraction of sp³-hybridized carbons (Fsp3) is 0.846. The minimum absolute atomic E-state index is 0.0496. The molecule has 4 nitrogen and oxygen atoms in total. The van der Waals surface area contributed by atoms with Gasteiger partial charge in [-0.05, 0) is 18.1 Å². The molecule has 1 fully saturated rings. The molecule has 102 valence electrons. The van der Waals surface area contributed by atoms with Gasteiger partial charge in [0, 0.05) is 6.54 Å². The van der Waals surface area contributed by atoms with Crippen LogP contribution in [0.25, 0.3) is 0 Å². The number of hydrogen-bond donors (Lipinski definition) is 1. The molecule has 0 saturated heterocycles. The van der Waals surface area contributed by atoms with Crippen LogP contribution in [0.3, 0.4) is 0 Å². The van der Waals surface area contributed by atoms with Crippen LogP contribution >= 0.6 is 11.8 Å². The molecule has 0 aromatic carbocycles. The van der Waals surface area contributed by atoms with E-state index in [1.807, 2.05) is 11.8 Å². The Balaban J connectivity index is 2.07. The average Bonchev–Trinajstić information content (AvgIpc) is 2.86. The van der Waals surface area contributed by atoms with Gasteiger partial charge in [-0.3, -0.25) is 0 Å². The van der Waals surface area contributed by atoms with Crippen LogP contribution in [0.2, 0.25) is 0 Å². The number of hydrogen-bond acceptors (Lipinski definition) is 5. The Bertz CT molecular complexity index is 372. The van der Waals surface area contributed by atoms with Crippen LogP contribution in [0, 0.1) is 0 Å². The molecule has 1 heterocycles. The van der Waals surface area contributed by atoms with E-state index < -0.39 is 0 Å². The molecule has 5 heteroatoms. The van der Waals surface area contributed by atoms with E-state index in [9.17, 15) is 0 Å². The third-order valence-electron chi connectivity index (χ3n) is 3.67. The quantitative estimate of drug-likeness (QED) is 0.890. The van der Waals surface area contributed by atoms with Gasteiger partial charge in [0.1, 0.15) is 0 Å². The standard InChI is InChI=1S/C13H23N3OS/c1-10(2)18-8-11-15-12(17-16-11)13(9-14)6-4-3-5-7-13/h10H,3-9,14H2,1-2H3. The maximum Gasteiger partial charge on any atom is 0.234 e. The monoisotopic (exact) mass is 269 g/mol. The molecule has 1 aromatic rings. The molecule has 0 atom stereocenters. The van der Waals surface area contributed by atoms with Crippen molar-refractivity contribution >= 4 is 11.8 Å². The number of rotatable bonds is 5. The maximum absolute atomic E-state index is 5.97. The van der Waals surface area contributed by atoms with Crippen LogP contribution in [0.5, 0.6) is 0 Å². The summed E-state index contributed by atoms with van der Waals surface area (Å²) in [5.41, 5.74) is 5.92. The molecule has 2 rings (SSSR count). The zero-order valence-electron chi connectivity index (χ0n) is 11.3. The summed E-state index contributed by atoms with van der Waals surface area (Å²) in [6.07, 6.45) is 5.90. The van der Waals surface area contributed by atoms with Gasteiger partial charge in [-0.15, -0.1) is 0 Å². The molecule has 0 unspecified atom stereocenters. The molecule has 1 aromatic heterocycles. The Labute approximate surface area is 113 Å². The van der Waals surface area contributed by atoms with Crippen molar-refractivity contribution in [2.24, 2.45) is 5.73 Å². The highest BCUT2D eigenvalue weighted by Gasteiger charge is 2.37. The van der Waals surface area contributed by atoms with Gasteiger partial charge >= 0.3 is 0 Å². The van der Waals surface area contributed by atoms with E-state index >= 15 is 0 Å². The molecule has 2 N–H and O–H groups in total. The number of nitrogens with two attached hydrogens (primary N) is 1. The first-order valence-electron chi connectivity index (χ1n) is 6.81. The number of nitrogens with zero attached hydrogens (tertiary/aromatic N) is 2. The Hall–Kier alpha value is -0.550. The molecule has 1 aliphatic rings. The second-order valence-electron chi connectivity index (χ2n) is 5.42. The van der Waals surface area contributed by atoms with Crippen molar-refractivity contribution in [3.63, 3.8) is 0 Å². The molecule has 18 heavy (non-hydrogen) atoms. The highest BCUT2D eigenvalue weighted by atomic mass is 32.2. The first-order valence-corrected chi connectivity index (χ1v) is 7.86. The molecule has 0 amide bonds. The van der Waals surface area contributed by atoms with Crippen LogP contribution < -0.4 is 5.73 Å². The van der Waals surface area contributed by atoms with E-state index in [1.54, 1.807) is 0 Å². The van der Waals surface area contributed by atoms with Crippen molar-refractivity contribution < 1.29 is 4.52 Å². The molecule has 0 bridgehead atoms. The third kappa shape index (κ3) is 3.06. The van der Waals surface area contributed by atoms with Crippen molar-refractivity contribution in [3.8, 4) is 0 Å². The number of aromatic nitrogens is 2. The zero-order chi connectivity index (χ0) is 13.0. The lowest BCUT2D eigenvalue weighted by Crippen LogP contribution is -2.37. The van der Waals surface area contributed by atoms with Crippen LogP contribution in [0.15, 0.2) is 4.52 Å². The van der Waals surface area contributed by atoms with Crippen molar-refractivity contribution in [3.05, 3.63) is 11.7 Å². The molecule has 0 aliphatic heterocycles. The fourth-order valence-electron chi connectivity index (χ4n) is 2.50.